The molecule has 0 radical (unpaired) electrons. The van der Waals surface area contributed by atoms with E-state index in [1.165, 1.54) is 6.08 Å². The Morgan fingerprint density at radius 3 is 2.46 bits per heavy atom. The minimum Gasteiger partial charge on any atom is -0.497 e. The number of hydrogen-bond acceptors (Lipinski definition) is 5. The van der Waals surface area contributed by atoms with E-state index in [0.29, 0.717) is 28.6 Å². The molecule has 1 heterocycles. The zero-order valence-electron chi connectivity index (χ0n) is 13.3. The Bertz CT molecular complexity index is 874. The lowest BCUT2D eigenvalue weighted by atomic mass is 10.2. The highest BCUT2D eigenvalue weighted by Gasteiger charge is 2.07. The Balaban J connectivity index is 1.71. The van der Waals surface area contributed by atoms with E-state index in [9.17, 15) is 4.79 Å². The number of fused-ring (bicyclic) bond motifs is 1. The van der Waals surface area contributed by atoms with Crippen LogP contribution < -0.4 is 14.2 Å². The largest absolute Gasteiger partial charge is 0.497 e. The van der Waals surface area contributed by atoms with Crippen LogP contribution in [0.25, 0.3) is 17.0 Å². The van der Waals surface area contributed by atoms with Gasteiger partial charge in [0, 0.05) is 11.5 Å². The van der Waals surface area contributed by atoms with Crippen LogP contribution in [0, 0.1) is 0 Å². The summed E-state index contributed by atoms with van der Waals surface area (Å²) in [5, 5.41) is 0.900. The number of esters is 1. The maximum absolute atomic E-state index is 11.9. The van der Waals surface area contributed by atoms with Crippen LogP contribution in [0.15, 0.2) is 59.0 Å². The van der Waals surface area contributed by atoms with Crippen molar-refractivity contribution in [2.45, 2.75) is 0 Å². The summed E-state index contributed by atoms with van der Waals surface area (Å²) in [5.74, 6) is 1.83. The van der Waals surface area contributed by atoms with Crippen molar-refractivity contribution in [3.8, 4) is 17.2 Å². The van der Waals surface area contributed by atoms with Crippen molar-refractivity contribution in [1.82, 2.24) is 0 Å². The minimum absolute atomic E-state index is 0.441. The van der Waals surface area contributed by atoms with Crippen LogP contribution in [0.5, 0.6) is 17.2 Å². The first-order valence-electron chi connectivity index (χ1n) is 7.30. The molecule has 0 amide bonds. The lowest BCUT2D eigenvalue weighted by molar-refractivity contribution is -0.128. The summed E-state index contributed by atoms with van der Waals surface area (Å²) < 4.78 is 21.2. The Kier molecular flexibility index (Phi) is 4.52. The van der Waals surface area contributed by atoms with Gasteiger partial charge in [-0.3, -0.25) is 0 Å². The average Bonchev–Trinajstić information content (AvgIpc) is 3.03. The lowest BCUT2D eigenvalue weighted by Gasteiger charge is -2.02. The van der Waals surface area contributed by atoms with Gasteiger partial charge in [0.25, 0.3) is 0 Å². The fourth-order valence-corrected chi connectivity index (χ4v) is 2.24. The number of ether oxygens (including phenoxy) is 3. The molecule has 122 valence electrons. The standard InChI is InChI=1S/C19H16O5/c1-21-14-6-8-15(9-7-14)23-18(20)11-10-16-12-13-4-3-5-17(22-2)19(13)24-16/h3-12H,1-2H3/b11-10+. The van der Waals surface area contributed by atoms with E-state index in [4.69, 9.17) is 18.6 Å². The molecule has 2 aromatic carbocycles. The summed E-state index contributed by atoms with van der Waals surface area (Å²) in [7, 11) is 3.16. The van der Waals surface area contributed by atoms with Gasteiger partial charge in [-0.2, -0.15) is 0 Å². The topological polar surface area (TPSA) is 57.9 Å². The molecule has 0 N–H and O–H groups in total. The minimum atomic E-state index is -0.493. The fourth-order valence-electron chi connectivity index (χ4n) is 2.24. The monoisotopic (exact) mass is 324 g/mol. The SMILES string of the molecule is COc1ccc(OC(=O)/C=C/c2cc3cccc(OC)c3o2)cc1. The number of hydrogen-bond donors (Lipinski definition) is 0. The highest BCUT2D eigenvalue weighted by atomic mass is 16.5. The summed E-state index contributed by atoms with van der Waals surface area (Å²) in [5.41, 5.74) is 0.642. The molecule has 24 heavy (non-hydrogen) atoms. The number of carbonyl (C=O) groups is 1. The predicted molar refractivity (Wildman–Crippen MR) is 90.4 cm³/mol. The molecule has 1 aromatic heterocycles. The quantitative estimate of drug-likeness (QED) is 0.402. The fraction of sp³-hybridized carbons (Fsp3) is 0.105. The molecule has 0 atom stereocenters. The summed E-state index contributed by atoms with van der Waals surface area (Å²) in [6, 6.07) is 14.2. The van der Waals surface area contributed by atoms with Gasteiger partial charge in [0.05, 0.1) is 14.2 Å². The van der Waals surface area contributed by atoms with Gasteiger partial charge >= 0.3 is 5.97 Å². The van der Waals surface area contributed by atoms with E-state index in [1.54, 1.807) is 44.6 Å². The van der Waals surface area contributed by atoms with Crippen molar-refractivity contribution in [2.24, 2.45) is 0 Å². The van der Waals surface area contributed by atoms with Gasteiger partial charge in [0.15, 0.2) is 11.3 Å². The third-order valence-corrected chi connectivity index (χ3v) is 3.41. The number of benzene rings is 2. The Labute approximate surface area is 139 Å². The summed E-state index contributed by atoms with van der Waals surface area (Å²) >= 11 is 0. The van der Waals surface area contributed by atoms with E-state index >= 15 is 0 Å². The molecule has 5 heteroatoms. The molecule has 0 fully saturated rings. The molecule has 0 saturated heterocycles. The van der Waals surface area contributed by atoms with Crippen LogP contribution >= 0.6 is 0 Å². The number of furan rings is 1. The van der Waals surface area contributed by atoms with Gasteiger partial charge < -0.3 is 18.6 Å². The van der Waals surface area contributed by atoms with Crippen LogP contribution in [0.4, 0.5) is 0 Å². The molecule has 0 aliphatic heterocycles. The summed E-state index contributed by atoms with van der Waals surface area (Å²) in [6.45, 7) is 0. The van der Waals surface area contributed by atoms with Crippen molar-refractivity contribution < 1.29 is 23.4 Å². The Morgan fingerprint density at radius 2 is 1.75 bits per heavy atom. The molecule has 0 saturated carbocycles. The lowest BCUT2D eigenvalue weighted by Crippen LogP contribution is -2.03. The van der Waals surface area contributed by atoms with Crippen molar-refractivity contribution in [3.63, 3.8) is 0 Å². The van der Waals surface area contributed by atoms with E-state index in [0.717, 1.165) is 5.39 Å². The van der Waals surface area contributed by atoms with Gasteiger partial charge in [-0.15, -0.1) is 0 Å². The molecule has 0 spiro atoms. The smallest absolute Gasteiger partial charge is 0.336 e. The van der Waals surface area contributed by atoms with Crippen molar-refractivity contribution in [2.75, 3.05) is 14.2 Å². The molecule has 5 nitrogen and oxygen atoms in total. The van der Waals surface area contributed by atoms with Gasteiger partial charge in [0.2, 0.25) is 0 Å². The molecule has 3 rings (SSSR count). The van der Waals surface area contributed by atoms with Crippen LogP contribution in [0.2, 0.25) is 0 Å². The van der Waals surface area contributed by atoms with E-state index in [2.05, 4.69) is 0 Å². The second kappa shape index (κ2) is 6.91. The predicted octanol–water partition coefficient (Wildman–Crippen LogP) is 4.07. The molecule has 0 aliphatic carbocycles. The first-order chi connectivity index (χ1) is 11.7. The highest BCUT2D eigenvalue weighted by Crippen LogP contribution is 2.28. The van der Waals surface area contributed by atoms with Crippen LogP contribution in [-0.4, -0.2) is 20.2 Å². The van der Waals surface area contributed by atoms with Crippen LogP contribution in [0.3, 0.4) is 0 Å². The third kappa shape index (κ3) is 3.41. The van der Waals surface area contributed by atoms with Gasteiger partial charge in [-0.05, 0) is 42.5 Å². The van der Waals surface area contributed by atoms with Gasteiger partial charge in [-0.25, -0.2) is 4.79 Å². The second-order valence-electron chi connectivity index (χ2n) is 4.96. The van der Waals surface area contributed by atoms with Gasteiger partial charge in [0.1, 0.15) is 17.3 Å². The first-order valence-corrected chi connectivity index (χ1v) is 7.30. The van der Waals surface area contributed by atoms with E-state index in [-0.39, 0.29) is 0 Å². The van der Waals surface area contributed by atoms with Crippen molar-refractivity contribution >= 4 is 23.0 Å². The normalized spacial score (nSPS) is 10.9. The third-order valence-electron chi connectivity index (χ3n) is 3.41. The molecule has 3 aromatic rings. The molecule has 0 bridgehead atoms. The van der Waals surface area contributed by atoms with Crippen molar-refractivity contribution in [1.29, 1.82) is 0 Å². The van der Waals surface area contributed by atoms with Gasteiger partial charge in [-0.1, -0.05) is 12.1 Å². The second-order valence-corrected chi connectivity index (χ2v) is 4.96. The highest BCUT2D eigenvalue weighted by molar-refractivity contribution is 5.90. The maximum Gasteiger partial charge on any atom is 0.336 e. The maximum atomic E-state index is 11.9. The molecular weight excluding hydrogens is 308 g/mol. The zero-order valence-corrected chi connectivity index (χ0v) is 13.3. The molecular formula is C19H16O5. The molecule has 0 unspecified atom stereocenters. The van der Waals surface area contributed by atoms with Crippen LogP contribution in [-0.2, 0) is 4.79 Å². The number of carbonyl (C=O) groups excluding carboxylic acids is 1. The number of rotatable bonds is 5. The summed E-state index contributed by atoms with van der Waals surface area (Å²) in [6.07, 6.45) is 2.87. The first kappa shape index (κ1) is 15.7. The number of methoxy groups -OCH3 is 2. The van der Waals surface area contributed by atoms with Crippen LogP contribution in [0.1, 0.15) is 5.76 Å². The Morgan fingerprint density at radius 1 is 1.00 bits per heavy atom. The summed E-state index contributed by atoms with van der Waals surface area (Å²) in [4.78, 5) is 11.9. The van der Waals surface area contributed by atoms with E-state index in [1.807, 2.05) is 24.3 Å². The molecule has 0 aliphatic rings. The van der Waals surface area contributed by atoms with E-state index < -0.39 is 5.97 Å². The Hall–Kier alpha value is -3.21. The van der Waals surface area contributed by atoms with Crippen molar-refractivity contribution in [3.05, 3.63) is 60.4 Å². The number of para-hydroxylation sites is 1. The zero-order chi connectivity index (χ0) is 16.9. The average molecular weight is 324 g/mol.